The predicted octanol–water partition coefficient (Wildman–Crippen LogP) is 3.35. The summed E-state index contributed by atoms with van der Waals surface area (Å²) in [5.74, 6) is -0.937. The highest BCUT2D eigenvalue weighted by atomic mass is 16.3. The fourth-order valence-corrected chi connectivity index (χ4v) is 3.35. The molecule has 2 aromatic heterocycles. The highest BCUT2D eigenvalue weighted by molar-refractivity contribution is 6.30. The third kappa shape index (κ3) is 3.50. The van der Waals surface area contributed by atoms with Crippen LogP contribution in [0.2, 0.25) is 0 Å². The van der Waals surface area contributed by atoms with E-state index in [0.29, 0.717) is 11.5 Å². The molecule has 7 heteroatoms. The molecule has 0 spiro atoms. The van der Waals surface area contributed by atoms with Gasteiger partial charge in [0.15, 0.2) is 0 Å². The summed E-state index contributed by atoms with van der Waals surface area (Å²) in [5.41, 5.74) is 3.70. The molecule has 1 aliphatic rings. The molecule has 7 nitrogen and oxygen atoms in total. The topological polar surface area (TPSA) is 84.6 Å². The van der Waals surface area contributed by atoms with Crippen LogP contribution in [0.25, 0.3) is 11.8 Å². The van der Waals surface area contributed by atoms with E-state index in [4.69, 9.17) is 4.42 Å². The molecule has 1 saturated heterocycles. The summed E-state index contributed by atoms with van der Waals surface area (Å²) in [6, 6.07) is 12.3. The average molecular weight is 389 g/mol. The Hall–Kier alpha value is -3.87. The predicted molar refractivity (Wildman–Crippen MR) is 106 cm³/mol. The Labute approximate surface area is 167 Å². The van der Waals surface area contributed by atoms with Crippen molar-refractivity contribution in [3.63, 3.8) is 0 Å². The van der Waals surface area contributed by atoms with E-state index in [2.05, 4.69) is 11.4 Å². The molecule has 4 rings (SSSR count). The average Bonchev–Trinajstić information content (AvgIpc) is 3.34. The van der Waals surface area contributed by atoms with Gasteiger partial charge in [-0.1, -0.05) is 17.7 Å². The molecule has 1 fully saturated rings. The number of nitrogens with zero attached hydrogens (tertiary/aromatic N) is 2. The zero-order chi connectivity index (χ0) is 20.5. The third-order valence-electron chi connectivity index (χ3n) is 4.76. The number of aryl methyl sites for hydroxylation is 2. The lowest BCUT2D eigenvalue weighted by atomic mass is 10.1. The lowest BCUT2D eigenvalue weighted by Gasteiger charge is -2.25. The maximum Gasteiger partial charge on any atom is 0.331 e. The first-order valence-electron chi connectivity index (χ1n) is 9.10. The third-order valence-corrected chi connectivity index (χ3v) is 4.76. The first-order valence-corrected chi connectivity index (χ1v) is 9.10. The standard InChI is InChI=1S/C22H19N3O4/c1-14-7-8-19(15(2)11-14)24-9-3-5-16(24)12-18-20(26)23-22(28)25(21(18)27)13-17-6-4-10-29-17/h3-12H,13H2,1-2H3,(H,23,26,28). The van der Waals surface area contributed by atoms with Crippen LogP contribution in [0.4, 0.5) is 4.79 Å². The molecular formula is C22H19N3O4. The van der Waals surface area contributed by atoms with Crippen LogP contribution in [0.5, 0.6) is 0 Å². The molecule has 0 bridgehead atoms. The van der Waals surface area contributed by atoms with Crippen LogP contribution in [0, 0.1) is 13.8 Å². The smallest absolute Gasteiger partial charge is 0.331 e. The number of imide groups is 2. The highest BCUT2D eigenvalue weighted by Crippen LogP contribution is 2.22. The second-order valence-electron chi connectivity index (χ2n) is 6.88. The van der Waals surface area contributed by atoms with E-state index in [1.54, 1.807) is 18.2 Å². The lowest BCUT2D eigenvalue weighted by molar-refractivity contribution is -0.130. The van der Waals surface area contributed by atoms with Gasteiger partial charge in [0.05, 0.1) is 12.8 Å². The number of benzene rings is 1. The summed E-state index contributed by atoms with van der Waals surface area (Å²) in [4.78, 5) is 38.4. The number of carbonyl (C=O) groups is 3. The first kappa shape index (κ1) is 18.5. The molecule has 1 aliphatic heterocycles. The van der Waals surface area contributed by atoms with Gasteiger partial charge in [0.25, 0.3) is 11.8 Å². The van der Waals surface area contributed by atoms with Gasteiger partial charge in [-0.2, -0.15) is 0 Å². The first-order chi connectivity index (χ1) is 13.9. The van der Waals surface area contributed by atoms with Crippen LogP contribution in [-0.2, 0) is 16.1 Å². The second kappa shape index (κ2) is 7.27. The van der Waals surface area contributed by atoms with Crippen molar-refractivity contribution in [3.05, 3.63) is 83.1 Å². The number of hydrogen-bond acceptors (Lipinski definition) is 4. The van der Waals surface area contributed by atoms with Crippen LogP contribution < -0.4 is 5.32 Å². The number of hydrogen-bond donors (Lipinski definition) is 1. The quantitative estimate of drug-likeness (QED) is 0.548. The van der Waals surface area contributed by atoms with E-state index < -0.39 is 17.8 Å². The van der Waals surface area contributed by atoms with Crippen molar-refractivity contribution < 1.29 is 18.8 Å². The van der Waals surface area contributed by atoms with Crippen molar-refractivity contribution in [2.75, 3.05) is 0 Å². The monoisotopic (exact) mass is 389 g/mol. The van der Waals surface area contributed by atoms with Crippen molar-refractivity contribution in [3.8, 4) is 5.69 Å². The Balaban J connectivity index is 1.70. The summed E-state index contributed by atoms with van der Waals surface area (Å²) in [6.07, 6.45) is 4.82. The summed E-state index contributed by atoms with van der Waals surface area (Å²) in [6.45, 7) is 3.97. The van der Waals surface area contributed by atoms with E-state index >= 15 is 0 Å². The maximum absolute atomic E-state index is 12.9. The van der Waals surface area contributed by atoms with E-state index in [0.717, 1.165) is 21.7 Å². The number of urea groups is 1. The highest BCUT2D eigenvalue weighted by Gasteiger charge is 2.36. The van der Waals surface area contributed by atoms with Gasteiger partial charge < -0.3 is 8.98 Å². The molecule has 0 aliphatic carbocycles. The molecule has 29 heavy (non-hydrogen) atoms. The number of rotatable bonds is 4. The minimum Gasteiger partial charge on any atom is -0.467 e. The van der Waals surface area contributed by atoms with Crippen molar-refractivity contribution >= 4 is 23.9 Å². The Morgan fingerprint density at radius 1 is 1.07 bits per heavy atom. The molecule has 3 heterocycles. The van der Waals surface area contributed by atoms with Gasteiger partial charge in [0.1, 0.15) is 11.3 Å². The van der Waals surface area contributed by atoms with E-state index in [1.165, 1.54) is 12.3 Å². The van der Waals surface area contributed by atoms with Crippen molar-refractivity contribution in [1.29, 1.82) is 0 Å². The molecule has 1 aromatic carbocycles. The fraction of sp³-hybridized carbons (Fsp3) is 0.136. The van der Waals surface area contributed by atoms with Crippen LogP contribution in [0.3, 0.4) is 0 Å². The minimum absolute atomic E-state index is 0.0552. The summed E-state index contributed by atoms with van der Waals surface area (Å²) >= 11 is 0. The molecular weight excluding hydrogens is 370 g/mol. The largest absolute Gasteiger partial charge is 0.467 e. The summed E-state index contributed by atoms with van der Waals surface area (Å²) in [7, 11) is 0. The number of aromatic nitrogens is 1. The number of carbonyl (C=O) groups excluding carboxylic acids is 3. The molecule has 0 unspecified atom stereocenters. The number of furan rings is 1. The maximum atomic E-state index is 12.9. The van der Waals surface area contributed by atoms with Crippen molar-refractivity contribution in [2.45, 2.75) is 20.4 Å². The normalized spacial score (nSPS) is 15.9. The van der Waals surface area contributed by atoms with Gasteiger partial charge in [-0.05, 0) is 55.8 Å². The SMILES string of the molecule is Cc1ccc(-n2cccc2C=C2C(=O)NC(=O)N(Cc3ccco3)C2=O)c(C)c1. The molecule has 0 radical (unpaired) electrons. The van der Waals surface area contributed by atoms with Gasteiger partial charge in [-0.25, -0.2) is 4.79 Å². The lowest BCUT2D eigenvalue weighted by Crippen LogP contribution is -2.53. The van der Waals surface area contributed by atoms with Gasteiger partial charge in [-0.3, -0.25) is 19.8 Å². The van der Waals surface area contributed by atoms with Gasteiger partial charge in [0.2, 0.25) is 0 Å². The van der Waals surface area contributed by atoms with Crippen molar-refractivity contribution in [1.82, 2.24) is 14.8 Å². The van der Waals surface area contributed by atoms with Gasteiger partial charge in [-0.15, -0.1) is 0 Å². The number of barbiturate groups is 1. The Bertz CT molecular complexity index is 1140. The minimum atomic E-state index is -0.765. The van der Waals surface area contributed by atoms with Crippen LogP contribution in [0.15, 0.2) is 64.9 Å². The van der Waals surface area contributed by atoms with Crippen LogP contribution >= 0.6 is 0 Å². The Kier molecular flexibility index (Phi) is 4.64. The summed E-state index contributed by atoms with van der Waals surface area (Å²) in [5, 5.41) is 2.22. The Morgan fingerprint density at radius 2 is 1.90 bits per heavy atom. The molecule has 0 atom stereocenters. The molecule has 3 aromatic rings. The van der Waals surface area contributed by atoms with Gasteiger partial charge in [0, 0.05) is 17.6 Å². The van der Waals surface area contributed by atoms with Crippen LogP contribution in [-0.4, -0.2) is 27.3 Å². The zero-order valence-electron chi connectivity index (χ0n) is 16.0. The molecule has 146 valence electrons. The Morgan fingerprint density at radius 3 is 2.62 bits per heavy atom. The summed E-state index contributed by atoms with van der Waals surface area (Å²) < 4.78 is 7.12. The van der Waals surface area contributed by atoms with E-state index in [9.17, 15) is 14.4 Å². The number of amides is 4. The molecule has 1 N–H and O–H groups in total. The second-order valence-corrected chi connectivity index (χ2v) is 6.88. The van der Waals surface area contributed by atoms with E-state index in [1.807, 2.05) is 42.8 Å². The van der Waals surface area contributed by atoms with E-state index in [-0.39, 0.29) is 12.1 Å². The van der Waals surface area contributed by atoms with Crippen LogP contribution in [0.1, 0.15) is 22.6 Å². The van der Waals surface area contributed by atoms with Crippen molar-refractivity contribution in [2.24, 2.45) is 0 Å². The fourth-order valence-electron chi connectivity index (χ4n) is 3.35. The van der Waals surface area contributed by atoms with Gasteiger partial charge >= 0.3 is 6.03 Å². The zero-order valence-corrected chi connectivity index (χ0v) is 16.0. The number of nitrogens with one attached hydrogen (secondary N) is 1. The molecule has 0 saturated carbocycles. The molecule has 4 amide bonds.